The van der Waals surface area contributed by atoms with E-state index in [9.17, 15) is 0 Å². The van der Waals surface area contributed by atoms with Gasteiger partial charge in [0.25, 0.3) is 0 Å². The molecule has 1 aromatic rings. The Kier molecular flexibility index (Phi) is 1.29. The maximum Gasteiger partial charge on any atom is 0.231 e. The molecule has 14 heavy (non-hydrogen) atoms. The Hall–Kier alpha value is -1.78. The SMILES string of the molecule is Cc1c(N)c2c(c3c1OCO3)OCO2. The van der Waals surface area contributed by atoms with Gasteiger partial charge in [-0.25, -0.2) is 0 Å². The van der Waals surface area contributed by atoms with E-state index in [1.165, 1.54) is 0 Å². The number of nitrogen functional groups attached to an aromatic ring is 1. The Morgan fingerprint density at radius 1 is 0.857 bits per heavy atom. The molecule has 0 radical (unpaired) electrons. The van der Waals surface area contributed by atoms with Gasteiger partial charge in [-0.1, -0.05) is 0 Å². The Labute approximate surface area is 80.3 Å². The standard InChI is InChI=1S/C9H9NO4/c1-4-5(10)7-9(14-3-12-7)8-6(4)11-2-13-8/h2-3,10H2,1H3. The van der Waals surface area contributed by atoms with E-state index in [0.717, 1.165) is 5.56 Å². The molecule has 0 unspecified atom stereocenters. The summed E-state index contributed by atoms with van der Waals surface area (Å²) in [5.41, 5.74) is 7.26. The highest BCUT2D eigenvalue weighted by atomic mass is 16.7. The average molecular weight is 195 g/mol. The van der Waals surface area contributed by atoms with Crippen LogP contribution in [0.2, 0.25) is 0 Å². The van der Waals surface area contributed by atoms with E-state index >= 15 is 0 Å². The largest absolute Gasteiger partial charge is 0.453 e. The topological polar surface area (TPSA) is 62.9 Å². The van der Waals surface area contributed by atoms with Crippen molar-refractivity contribution < 1.29 is 18.9 Å². The lowest BCUT2D eigenvalue weighted by Crippen LogP contribution is -1.97. The molecule has 5 heteroatoms. The molecule has 5 nitrogen and oxygen atoms in total. The Balaban J connectivity index is 2.34. The predicted molar refractivity (Wildman–Crippen MR) is 47.8 cm³/mol. The fraction of sp³-hybridized carbons (Fsp3) is 0.333. The van der Waals surface area contributed by atoms with Crippen molar-refractivity contribution in [1.29, 1.82) is 0 Å². The maximum absolute atomic E-state index is 5.87. The van der Waals surface area contributed by atoms with Crippen molar-refractivity contribution in [1.82, 2.24) is 0 Å². The molecule has 2 aliphatic heterocycles. The fourth-order valence-electron chi connectivity index (χ4n) is 1.67. The van der Waals surface area contributed by atoms with E-state index in [4.69, 9.17) is 24.7 Å². The van der Waals surface area contributed by atoms with Gasteiger partial charge >= 0.3 is 0 Å². The van der Waals surface area contributed by atoms with Gasteiger partial charge in [0.15, 0.2) is 11.5 Å². The van der Waals surface area contributed by atoms with Crippen LogP contribution in [0.15, 0.2) is 0 Å². The summed E-state index contributed by atoms with van der Waals surface area (Å²) in [5, 5.41) is 0. The number of ether oxygens (including phenoxy) is 4. The van der Waals surface area contributed by atoms with Gasteiger partial charge in [-0.2, -0.15) is 0 Å². The quantitative estimate of drug-likeness (QED) is 0.626. The first-order valence-corrected chi connectivity index (χ1v) is 4.26. The monoisotopic (exact) mass is 195 g/mol. The number of hydrogen-bond acceptors (Lipinski definition) is 5. The lowest BCUT2D eigenvalue weighted by molar-refractivity contribution is 0.157. The van der Waals surface area contributed by atoms with Crippen molar-refractivity contribution >= 4 is 5.69 Å². The van der Waals surface area contributed by atoms with E-state index in [0.29, 0.717) is 28.7 Å². The third-order valence-electron chi connectivity index (χ3n) is 2.42. The van der Waals surface area contributed by atoms with Crippen LogP contribution in [0, 0.1) is 6.92 Å². The highest BCUT2D eigenvalue weighted by Gasteiger charge is 2.32. The van der Waals surface area contributed by atoms with Gasteiger partial charge in [0.05, 0.1) is 5.69 Å². The molecule has 0 amide bonds. The van der Waals surface area contributed by atoms with E-state index in [2.05, 4.69) is 0 Å². The first-order chi connectivity index (χ1) is 6.79. The second kappa shape index (κ2) is 2.37. The van der Waals surface area contributed by atoms with Crippen LogP contribution in [0.3, 0.4) is 0 Å². The molecule has 74 valence electrons. The van der Waals surface area contributed by atoms with Crippen molar-refractivity contribution in [2.24, 2.45) is 0 Å². The first kappa shape index (κ1) is 7.61. The van der Waals surface area contributed by atoms with Crippen molar-refractivity contribution in [3.05, 3.63) is 5.56 Å². The van der Waals surface area contributed by atoms with Gasteiger partial charge in [-0.05, 0) is 6.92 Å². The Bertz CT molecular complexity index is 377. The van der Waals surface area contributed by atoms with E-state index in [1.807, 2.05) is 6.92 Å². The smallest absolute Gasteiger partial charge is 0.231 e. The van der Waals surface area contributed by atoms with E-state index < -0.39 is 0 Å². The van der Waals surface area contributed by atoms with E-state index in [1.54, 1.807) is 0 Å². The molecule has 0 bridgehead atoms. The van der Waals surface area contributed by atoms with Crippen LogP contribution in [0.25, 0.3) is 0 Å². The molecule has 3 rings (SSSR count). The first-order valence-electron chi connectivity index (χ1n) is 4.26. The zero-order chi connectivity index (χ0) is 9.71. The van der Waals surface area contributed by atoms with Gasteiger partial charge in [-0.15, -0.1) is 0 Å². The summed E-state index contributed by atoms with van der Waals surface area (Å²) >= 11 is 0. The second-order valence-electron chi connectivity index (χ2n) is 3.17. The number of anilines is 1. The van der Waals surface area contributed by atoms with Crippen LogP contribution < -0.4 is 24.7 Å². The van der Waals surface area contributed by atoms with Gasteiger partial charge in [0.1, 0.15) is 0 Å². The molecule has 0 spiro atoms. The minimum Gasteiger partial charge on any atom is -0.453 e. The minimum absolute atomic E-state index is 0.179. The average Bonchev–Trinajstić information content (AvgIpc) is 2.80. The molecule has 1 aromatic carbocycles. The van der Waals surface area contributed by atoms with Crippen LogP contribution >= 0.6 is 0 Å². The van der Waals surface area contributed by atoms with Crippen molar-refractivity contribution in [3.8, 4) is 23.0 Å². The van der Waals surface area contributed by atoms with Crippen molar-refractivity contribution in [3.63, 3.8) is 0 Å². The van der Waals surface area contributed by atoms with Crippen LogP contribution in [0.5, 0.6) is 23.0 Å². The number of hydrogen-bond donors (Lipinski definition) is 1. The van der Waals surface area contributed by atoms with Gasteiger partial charge in [-0.3, -0.25) is 0 Å². The predicted octanol–water partition coefficient (Wildman–Crippen LogP) is 1.03. The number of fused-ring (bicyclic) bond motifs is 3. The fourth-order valence-corrected chi connectivity index (χ4v) is 1.67. The molecule has 2 N–H and O–H groups in total. The highest BCUT2D eigenvalue weighted by molar-refractivity contribution is 5.76. The van der Waals surface area contributed by atoms with Crippen LogP contribution in [0.4, 0.5) is 5.69 Å². The summed E-state index contributed by atoms with van der Waals surface area (Å²) in [6, 6.07) is 0. The summed E-state index contributed by atoms with van der Waals surface area (Å²) in [6.45, 7) is 2.25. The summed E-state index contributed by atoms with van der Waals surface area (Å²) in [7, 11) is 0. The zero-order valence-corrected chi connectivity index (χ0v) is 7.62. The summed E-state index contributed by atoms with van der Waals surface area (Å²) in [6.07, 6.45) is 0. The molecular weight excluding hydrogens is 186 g/mol. The molecule has 0 saturated heterocycles. The summed E-state index contributed by atoms with van der Waals surface area (Å²) < 4.78 is 21.1. The Morgan fingerprint density at radius 2 is 1.36 bits per heavy atom. The molecule has 2 heterocycles. The van der Waals surface area contributed by atoms with Gasteiger partial charge in [0, 0.05) is 5.56 Å². The lowest BCUT2D eigenvalue weighted by atomic mass is 10.1. The van der Waals surface area contributed by atoms with E-state index in [-0.39, 0.29) is 13.6 Å². The molecule has 0 atom stereocenters. The molecular formula is C9H9NO4. The Morgan fingerprint density at radius 3 is 2.07 bits per heavy atom. The normalized spacial score (nSPS) is 16.1. The molecule has 0 aliphatic carbocycles. The summed E-state index contributed by atoms with van der Waals surface area (Å²) in [4.78, 5) is 0. The third-order valence-corrected chi connectivity index (χ3v) is 2.42. The lowest BCUT2D eigenvalue weighted by Gasteiger charge is -2.07. The van der Waals surface area contributed by atoms with Crippen molar-refractivity contribution in [2.75, 3.05) is 19.3 Å². The number of nitrogens with two attached hydrogens (primary N) is 1. The second-order valence-corrected chi connectivity index (χ2v) is 3.17. The molecule has 2 aliphatic rings. The number of benzene rings is 1. The number of rotatable bonds is 0. The summed E-state index contributed by atoms with van der Waals surface area (Å²) in [5.74, 6) is 2.38. The maximum atomic E-state index is 5.87. The highest BCUT2D eigenvalue weighted by Crippen LogP contribution is 2.54. The molecule has 0 aromatic heterocycles. The van der Waals surface area contributed by atoms with Gasteiger partial charge < -0.3 is 24.7 Å². The van der Waals surface area contributed by atoms with Crippen LogP contribution in [-0.4, -0.2) is 13.6 Å². The third kappa shape index (κ3) is 0.742. The zero-order valence-electron chi connectivity index (χ0n) is 7.62. The minimum atomic E-state index is 0.179. The molecule has 0 saturated carbocycles. The molecule has 0 fully saturated rings. The van der Waals surface area contributed by atoms with Crippen LogP contribution in [0.1, 0.15) is 5.56 Å². The van der Waals surface area contributed by atoms with Crippen molar-refractivity contribution in [2.45, 2.75) is 6.92 Å². The van der Waals surface area contributed by atoms with Crippen LogP contribution in [-0.2, 0) is 0 Å². The van der Waals surface area contributed by atoms with Gasteiger partial charge in [0.2, 0.25) is 25.1 Å².